The van der Waals surface area contributed by atoms with Crippen LogP contribution in [0.4, 0.5) is 21.8 Å². The fourth-order valence-electron chi connectivity index (χ4n) is 5.79. The molecule has 0 spiro atoms. The van der Waals surface area contributed by atoms with Crippen molar-refractivity contribution < 1.29 is 13.9 Å². The van der Waals surface area contributed by atoms with Crippen molar-refractivity contribution in [2.75, 3.05) is 37.0 Å². The summed E-state index contributed by atoms with van der Waals surface area (Å²) in [7, 11) is 1.47. The SMILES string of the molecule is CC[C@@H]1c2c(C#N)ncn2-c2cnc(Nc3cc(F)c(C(=O)NC4CCN(CC)CC4)cc3OC)nc2N1C(C)C. The average molecular weight is 562 g/mol. The molecule has 216 valence electrons. The second-order valence-corrected chi connectivity index (χ2v) is 10.6. The number of nitrogens with zero attached hydrogens (tertiary/aromatic N) is 7. The third-order valence-corrected chi connectivity index (χ3v) is 7.91. The van der Waals surface area contributed by atoms with Gasteiger partial charge in [-0.1, -0.05) is 13.8 Å². The molecule has 1 saturated heterocycles. The molecule has 11 nitrogen and oxygen atoms in total. The Labute approximate surface area is 239 Å². The zero-order valence-electron chi connectivity index (χ0n) is 24.1. The molecule has 5 rings (SSSR count). The molecule has 12 heteroatoms. The van der Waals surface area contributed by atoms with Gasteiger partial charge in [-0.15, -0.1) is 0 Å². The zero-order chi connectivity index (χ0) is 29.3. The molecule has 2 aliphatic rings. The smallest absolute Gasteiger partial charge is 0.254 e. The van der Waals surface area contributed by atoms with E-state index < -0.39 is 11.7 Å². The summed E-state index contributed by atoms with van der Waals surface area (Å²) in [4.78, 5) is 31.0. The van der Waals surface area contributed by atoms with Gasteiger partial charge in [0.1, 0.15) is 29.7 Å². The monoisotopic (exact) mass is 561 g/mol. The van der Waals surface area contributed by atoms with E-state index in [1.807, 2.05) is 4.57 Å². The second-order valence-electron chi connectivity index (χ2n) is 10.6. The summed E-state index contributed by atoms with van der Waals surface area (Å²) in [5, 5.41) is 15.7. The van der Waals surface area contributed by atoms with Crippen LogP contribution in [-0.4, -0.2) is 69.2 Å². The molecular formula is C29H36FN9O2. The van der Waals surface area contributed by atoms with Gasteiger partial charge in [0.05, 0.1) is 36.3 Å². The number of benzene rings is 1. The summed E-state index contributed by atoms with van der Waals surface area (Å²) in [6, 6.07) is 4.80. The number of hydrogen-bond donors (Lipinski definition) is 2. The summed E-state index contributed by atoms with van der Waals surface area (Å²) in [6.45, 7) is 11.1. The maximum Gasteiger partial charge on any atom is 0.254 e. The van der Waals surface area contributed by atoms with E-state index in [4.69, 9.17) is 9.72 Å². The lowest BCUT2D eigenvalue weighted by molar-refractivity contribution is 0.0908. The van der Waals surface area contributed by atoms with Gasteiger partial charge >= 0.3 is 0 Å². The predicted octanol–water partition coefficient (Wildman–Crippen LogP) is 4.32. The van der Waals surface area contributed by atoms with Crippen molar-refractivity contribution >= 4 is 23.4 Å². The maximum absolute atomic E-state index is 15.3. The van der Waals surface area contributed by atoms with Crippen molar-refractivity contribution in [1.29, 1.82) is 5.26 Å². The molecule has 0 radical (unpaired) electrons. The third-order valence-electron chi connectivity index (χ3n) is 7.91. The Morgan fingerprint density at radius 1 is 1.24 bits per heavy atom. The number of hydrogen-bond acceptors (Lipinski definition) is 9. The lowest BCUT2D eigenvalue weighted by Gasteiger charge is -2.40. The highest BCUT2D eigenvalue weighted by molar-refractivity contribution is 5.96. The molecule has 1 fully saturated rings. The fourth-order valence-corrected chi connectivity index (χ4v) is 5.79. The Morgan fingerprint density at radius 3 is 2.63 bits per heavy atom. The number of amides is 1. The molecule has 2 N–H and O–H groups in total. The van der Waals surface area contributed by atoms with E-state index in [-0.39, 0.29) is 29.6 Å². The number of piperidine rings is 1. The third kappa shape index (κ3) is 5.29. The largest absolute Gasteiger partial charge is 0.495 e. The number of nitriles is 1. The number of rotatable bonds is 8. The van der Waals surface area contributed by atoms with Crippen LogP contribution in [0.15, 0.2) is 24.7 Å². The minimum Gasteiger partial charge on any atom is -0.495 e. The second kappa shape index (κ2) is 11.7. The number of aromatic nitrogens is 4. The van der Waals surface area contributed by atoms with Gasteiger partial charge in [-0.25, -0.2) is 14.4 Å². The van der Waals surface area contributed by atoms with E-state index in [1.165, 1.54) is 19.2 Å². The summed E-state index contributed by atoms with van der Waals surface area (Å²) < 4.78 is 22.7. The molecule has 0 saturated carbocycles. The zero-order valence-corrected chi connectivity index (χ0v) is 24.1. The average Bonchev–Trinajstić information content (AvgIpc) is 3.41. The maximum atomic E-state index is 15.3. The molecule has 1 atom stereocenters. The molecule has 2 aliphatic heterocycles. The van der Waals surface area contributed by atoms with Gasteiger partial charge in [-0.2, -0.15) is 10.2 Å². The van der Waals surface area contributed by atoms with E-state index in [0.29, 0.717) is 28.6 Å². The molecule has 0 unspecified atom stereocenters. The summed E-state index contributed by atoms with van der Waals surface area (Å²) in [5.74, 6) is 0.0747. The predicted molar refractivity (Wildman–Crippen MR) is 153 cm³/mol. The van der Waals surface area contributed by atoms with Crippen LogP contribution in [0.3, 0.4) is 0 Å². The number of imidazole rings is 1. The van der Waals surface area contributed by atoms with Gasteiger partial charge in [-0.3, -0.25) is 9.36 Å². The number of halogens is 1. The number of nitrogens with one attached hydrogen (secondary N) is 2. The van der Waals surface area contributed by atoms with Crippen molar-refractivity contribution in [1.82, 2.24) is 29.7 Å². The van der Waals surface area contributed by atoms with Gasteiger partial charge in [-0.05, 0) is 45.7 Å². The minimum absolute atomic E-state index is 0.00786. The first kappa shape index (κ1) is 28.3. The highest BCUT2D eigenvalue weighted by Gasteiger charge is 2.36. The molecule has 1 amide bonds. The van der Waals surface area contributed by atoms with Crippen LogP contribution in [0.5, 0.6) is 5.75 Å². The van der Waals surface area contributed by atoms with Gasteiger partial charge in [0.15, 0.2) is 11.5 Å². The molecular weight excluding hydrogens is 525 g/mol. The Balaban J connectivity index is 1.43. The Hall–Kier alpha value is -4.24. The Morgan fingerprint density at radius 2 is 2.00 bits per heavy atom. The van der Waals surface area contributed by atoms with Crippen LogP contribution < -0.4 is 20.3 Å². The van der Waals surface area contributed by atoms with Crippen LogP contribution in [-0.2, 0) is 0 Å². The molecule has 0 aliphatic carbocycles. The van der Waals surface area contributed by atoms with Gasteiger partial charge in [0.2, 0.25) is 5.95 Å². The number of carbonyl (C=O) groups excluding carboxylic acids is 1. The van der Waals surface area contributed by atoms with Crippen LogP contribution in [0.1, 0.15) is 74.7 Å². The van der Waals surface area contributed by atoms with Crippen LogP contribution >= 0.6 is 0 Å². The van der Waals surface area contributed by atoms with E-state index in [1.54, 1.807) is 12.5 Å². The molecule has 0 bridgehead atoms. The van der Waals surface area contributed by atoms with Crippen molar-refractivity contribution in [2.24, 2.45) is 0 Å². The van der Waals surface area contributed by atoms with Crippen molar-refractivity contribution in [3.63, 3.8) is 0 Å². The normalized spacial score (nSPS) is 17.1. The fraction of sp³-hybridized carbons (Fsp3) is 0.483. The van der Waals surface area contributed by atoms with Crippen molar-refractivity contribution in [2.45, 2.75) is 65.1 Å². The van der Waals surface area contributed by atoms with E-state index >= 15 is 4.39 Å². The molecule has 2 aromatic heterocycles. The van der Waals surface area contributed by atoms with Crippen molar-refractivity contribution in [3.8, 4) is 17.5 Å². The first-order chi connectivity index (χ1) is 19.8. The van der Waals surface area contributed by atoms with E-state index in [0.717, 1.165) is 44.6 Å². The van der Waals surface area contributed by atoms with E-state index in [9.17, 15) is 10.1 Å². The number of carbonyl (C=O) groups is 1. The first-order valence-electron chi connectivity index (χ1n) is 14.1. The molecule has 1 aromatic carbocycles. The van der Waals surface area contributed by atoms with Crippen LogP contribution in [0.25, 0.3) is 5.69 Å². The minimum atomic E-state index is -0.670. The molecule has 3 aromatic rings. The van der Waals surface area contributed by atoms with Crippen LogP contribution in [0.2, 0.25) is 0 Å². The highest BCUT2D eigenvalue weighted by Crippen LogP contribution is 2.42. The van der Waals surface area contributed by atoms with Gasteiger partial charge in [0.25, 0.3) is 5.91 Å². The number of fused-ring (bicyclic) bond motifs is 3. The number of anilines is 3. The molecule has 41 heavy (non-hydrogen) atoms. The van der Waals surface area contributed by atoms with Crippen LogP contribution in [0, 0.1) is 17.1 Å². The summed E-state index contributed by atoms with van der Waals surface area (Å²) in [6.07, 6.45) is 5.69. The lowest BCUT2D eigenvalue weighted by atomic mass is 10.0. The number of methoxy groups -OCH3 is 1. The Kier molecular flexibility index (Phi) is 8.08. The highest BCUT2D eigenvalue weighted by atomic mass is 19.1. The summed E-state index contributed by atoms with van der Waals surface area (Å²) >= 11 is 0. The first-order valence-corrected chi connectivity index (χ1v) is 14.1. The van der Waals surface area contributed by atoms with Crippen molar-refractivity contribution in [3.05, 3.63) is 47.4 Å². The van der Waals surface area contributed by atoms with E-state index in [2.05, 4.69) is 64.2 Å². The van der Waals surface area contributed by atoms with Gasteiger partial charge < -0.3 is 25.2 Å². The summed E-state index contributed by atoms with van der Waals surface area (Å²) in [5.41, 5.74) is 2.12. The number of ether oxygens (including phenoxy) is 1. The lowest BCUT2D eigenvalue weighted by Crippen LogP contribution is -2.44. The topological polar surface area (TPSA) is 124 Å². The molecule has 4 heterocycles. The Bertz CT molecular complexity index is 1470. The number of likely N-dealkylation sites (tertiary alicyclic amines) is 1. The quantitative estimate of drug-likeness (QED) is 0.414. The standard InChI is InChI=1S/C29H36FN9O2/c1-6-23-26-22(14-31)33-16-38(26)24-15-32-29(36-27(24)39(23)17(3)4)35-21-13-20(30)19(12-25(21)41-5)28(40)34-18-8-10-37(7-2)11-9-18/h12-13,15-18,23H,6-11H2,1-5H3,(H,34,40)(H,32,35,36)/t23-/m1/s1. The van der Waals surface area contributed by atoms with Gasteiger partial charge in [0, 0.05) is 31.2 Å².